The van der Waals surface area contributed by atoms with Crippen LogP contribution in [0.2, 0.25) is 0 Å². The minimum Gasteiger partial charge on any atom is -0.376 e. The number of nitrogens with one attached hydrogen (secondary N) is 1. The van der Waals surface area contributed by atoms with E-state index in [1.807, 2.05) is 0 Å². The van der Waals surface area contributed by atoms with E-state index in [-0.39, 0.29) is 0 Å². The van der Waals surface area contributed by atoms with Crippen LogP contribution < -0.4 is 5.32 Å². The van der Waals surface area contributed by atoms with E-state index in [0.29, 0.717) is 12.1 Å². The highest BCUT2D eigenvalue weighted by Crippen LogP contribution is 2.26. The summed E-state index contributed by atoms with van der Waals surface area (Å²) >= 11 is 0. The van der Waals surface area contributed by atoms with Crippen molar-refractivity contribution in [1.29, 1.82) is 0 Å². The highest BCUT2D eigenvalue weighted by molar-refractivity contribution is 5.25. The molecule has 18 heavy (non-hydrogen) atoms. The standard InChI is InChI=1S/C16H25NO/c1-3-11-17-16(15-6-4-5-12-18-15)14-9-7-13(2)8-10-14/h7-10,15-17H,3-6,11-12H2,1-2H3. The number of benzene rings is 1. The third kappa shape index (κ3) is 3.56. The smallest absolute Gasteiger partial charge is 0.0769 e. The zero-order chi connectivity index (χ0) is 12.8. The summed E-state index contributed by atoms with van der Waals surface area (Å²) in [7, 11) is 0. The molecule has 0 aromatic heterocycles. The van der Waals surface area contributed by atoms with Crippen molar-refractivity contribution in [2.75, 3.05) is 13.2 Å². The van der Waals surface area contributed by atoms with Crippen LogP contribution in [0.4, 0.5) is 0 Å². The van der Waals surface area contributed by atoms with Gasteiger partial charge in [-0.2, -0.15) is 0 Å². The second-order valence-electron chi connectivity index (χ2n) is 5.25. The molecular formula is C16H25NO. The van der Waals surface area contributed by atoms with Crippen molar-refractivity contribution in [2.24, 2.45) is 0 Å². The maximum absolute atomic E-state index is 5.96. The predicted molar refractivity (Wildman–Crippen MR) is 75.8 cm³/mol. The molecular weight excluding hydrogens is 222 g/mol. The lowest BCUT2D eigenvalue weighted by atomic mass is 9.95. The van der Waals surface area contributed by atoms with Gasteiger partial charge in [-0.25, -0.2) is 0 Å². The van der Waals surface area contributed by atoms with Crippen molar-refractivity contribution in [2.45, 2.75) is 51.7 Å². The lowest BCUT2D eigenvalue weighted by Gasteiger charge is -2.31. The Labute approximate surface area is 111 Å². The molecule has 1 saturated heterocycles. The fourth-order valence-corrected chi connectivity index (χ4v) is 2.57. The molecule has 2 unspecified atom stereocenters. The number of rotatable bonds is 5. The highest BCUT2D eigenvalue weighted by Gasteiger charge is 2.25. The molecule has 0 bridgehead atoms. The monoisotopic (exact) mass is 247 g/mol. The normalized spacial score (nSPS) is 21.8. The van der Waals surface area contributed by atoms with Gasteiger partial charge in [-0.1, -0.05) is 36.8 Å². The van der Waals surface area contributed by atoms with Gasteiger partial charge in [0.25, 0.3) is 0 Å². The molecule has 0 spiro atoms. The molecule has 1 aliphatic heterocycles. The van der Waals surface area contributed by atoms with E-state index in [2.05, 4.69) is 43.4 Å². The minimum absolute atomic E-state index is 0.341. The van der Waals surface area contributed by atoms with Crippen LogP contribution in [-0.4, -0.2) is 19.3 Å². The van der Waals surface area contributed by atoms with Crippen molar-refractivity contribution in [3.05, 3.63) is 35.4 Å². The first-order chi connectivity index (χ1) is 8.81. The molecule has 1 aromatic rings. The zero-order valence-electron chi connectivity index (χ0n) is 11.6. The number of hydrogen-bond donors (Lipinski definition) is 1. The van der Waals surface area contributed by atoms with E-state index >= 15 is 0 Å². The first-order valence-electron chi connectivity index (χ1n) is 7.23. The summed E-state index contributed by atoms with van der Waals surface area (Å²) in [5.41, 5.74) is 2.68. The SMILES string of the molecule is CCCNC(c1ccc(C)cc1)C1CCCCO1. The van der Waals surface area contributed by atoms with Gasteiger partial charge in [-0.05, 0) is 44.7 Å². The van der Waals surface area contributed by atoms with Crippen LogP contribution in [0, 0.1) is 6.92 Å². The van der Waals surface area contributed by atoms with E-state index in [4.69, 9.17) is 4.74 Å². The van der Waals surface area contributed by atoms with E-state index in [1.54, 1.807) is 0 Å². The molecule has 2 rings (SSSR count). The van der Waals surface area contributed by atoms with Gasteiger partial charge in [0.05, 0.1) is 12.1 Å². The summed E-state index contributed by atoms with van der Waals surface area (Å²) in [4.78, 5) is 0. The average Bonchev–Trinajstić information content (AvgIpc) is 2.42. The average molecular weight is 247 g/mol. The zero-order valence-corrected chi connectivity index (χ0v) is 11.6. The lowest BCUT2D eigenvalue weighted by molar-refractivity contribution is -0.00815. The van der Waals surface area contributed by atoms with E-state index in [9.17, 15) is 0 Å². The molecule has 0 saturated carbocycles. The highest BCUT2D eigenvalue weighted by atomic mass is 16.5. The lowest BCUT2D eigenvalue weighted by Crippen LogP contribution is -2.36. The second kappa shape index (κ2) is 6.91. The summed E-state index contributed by atoms with van der Waals surface area (Å²) in [5.74, 6) is 0. The topological polar surface area (TPSA) is 21.3 Å². The summed E-state index contributed by atoms with van der Waals surface area (Å²) < 4.78 is 5.96. The van der Waals surface area contributed by atoms with Crippen molar-refractivity contribution < 1.29 is 4.74 Å². The van der Waals surface area contributed by atoms with Crippen LogP contribution in [0.3, 0.4) is 0 Å². The van der Waals surface area contributed by atoms with Gasteiger partial charge in [0.15, 0.2) is 0 Å². The summed E-state index contributed by atoms with van der Waals surface area (Å²) in [5, 5.41) is 3.65. The fourth-order valence-electron chi connectivity index (χ4n) is 2.57. The first-order valence-corrected chi connectivity index (χ1v) is 7.23. The third-order valence-corrected chi connectivity index (χ3v) is 3.64. The molecule has 0 aliphatic carbocycles. The number of hydrogen-bond acceptors (Lipinski definition) is 2. The van der Waals surface area contributed by atoms with E-state index < -0.39 is 0 Å². The van der Waals surface area contributed by atoms with Crippen LogP contribution in [0.25, 0.3) is 0 Å². The molecule has 0 amide bonds. The fraction of sp³-hybridized carbons (Fsp3) is 0.625. The molecule has 1 aliphatic rings. The van der Waals surface area contributed by atoms with Crippen LogP contribution in [-0.2, 0) is 4.74 Å². The molecule has 1 heterocycles. The van der Waals surface area contributed by atoms with Gasteiger partial charge >= 0.3 is 0 Å². The molecule has 1 fully saturated rings. The van der Waals surface area contributed by atoms with Gasteiger partial charge in [0, 0.05) is 6.61 Å². The molecule has 100 valence electrons. The largest absolute Gasteiger partial charge is 0.376 e. The van der Waals surface area contributed by atoms with E-state index in [1.165, 1.54) is 30.4 Å². The van der Waals surface area contributed by atoms with Crippen molar-refractivity contribution in [3.63, 3.8) is 0 Å². The van der Waals surface area contributed by atoms with E-state index in [0.717, 1.165) is 19.6 Å². The maximum Gasteiger partial charge on any atom is 0.0769 e. The predicted octanol–water partition coefficient (Wildman–Crippen LogP) is 3.60. The Morgan fingerprint density at radius 3 is 2.67 bits per heavy atom. The minimum atomic E-state index is 0.341. The summed E-state index contributed by atoms with van der Waals surface area (Å²) in [6.45, 7) is 6.32. The Balaban J connectivity index is 2.10. The quantitative estimate of drug-likeness (QED) is 0.858. The molecule has 2 atom stereocenters. The second-order valence-corrected chi connectivity index (χ2v) is 5.25. The van der Waals surface area contributed by atoms with Gasteiger partial charge in [0.2, 0.25) is 0 Å². The van der Waals surface area contributed by atoms with Crippen LogP contribution in [0.5, 0.6) is 0 Å². The summed E-state index contributed by atoms with van der Waals surface area (Å²) in [6, 6.07) is 9.21. The number of ether oxygens (including phenoxy) is 1. The molecule has 2 nitrogen and oxygen atoms in total. The molecule has 1 aromatic carbocycles. The van der Waals surface area contributed by atoms with Crippen molar-refractivity contribution in [3.8, 4) is 0 Å². The Kier molecular flexibility index (Phi) is 5.21. The Hall–Kier alpha value is -0.860. The Morgan fingerprint density at radius 1 is 1.28 bits per heavy atom. The first kappa shape index (κ1) is 13.6. The van der Waals surface area contributed by atoms with Gasteiger partial charge in [-0.3, -0.25) is 0 Å². The Morgan fingerprint density at radius 2 is 2.06 bits per heavy atom. The Bertz CT molecular complexity index is 341. The van der Waals surface area contributed by atoms with Gasteiger partial charge < -0.3 is 10.1 Å². The van der Waals surface area contributed by atoms with Gasteiger partial charge in [-0.15, -0.1) is 0 Å². The van der Waals surface area contributed by atoms with Crippen LogP contribution in [0.1, 0.15) is 49.8 Å². The van der Waals surface area contributed by atoms with Crippen LogP contribution >= 0.6 is 0 Å². The summed E-state index contributed by atoms with van der Waals surface area (Å²) in [6.07, 6.45) is 5.18. The van der Waals surface area contributed by atoms with Crippen molar-refractivity contribution >= 4 is 0 Å². The van der Waals surface area contributed by atoms with Gasteiger partial charge in [0.1, 0.15) is 0 Å². The third-order valence-electron chi connectivity index (χ3n) is 3.64. The van der Waals surface area contributed by atoms with Crippen LogP contribution in [0.15, 0.2) is 24.3 Å². The maximum atomic E-state index is 5.96. The number of aryl methyl sites for hydroxylation is 1. The van der Waals surface area contributed by atoms with Crippen molar-refractivity contribution in [1.82, 2.24) is 5.32 Å². The molecule has 2 heteroatoms. The molecule has 0 radical (unpaired) electrons. The molecule has 1 N–H and O–H groups in total.